The summed E-state index contributed by atoms with van der Waals surface area (Å²) in [6.07, 6.45) is -0.138. The van der Waals surface area contributed by atoms with Crippen molar-refractivity contribution >= 4 is 18.0 Å². The zero-order valence-electron chi connectivity index (χ0n) is 12.0. The second-order valence-corrected chi connectivity index (χ2v) is 6.02. The minimum absolute atomic E-state index is 0.0774. The Kier molecular flexibility index (Phi) is 4.97. The highest BCUT2D eigenvalue weighted by Crippen LogP contribution is 2.27. The molecule has 0 aromatic carbocycles. The Hall–Kier alpha value is -1.79. The number of carbonyl (C=O) groups is 3. The third-order valence-electron chi connectivity index (χ3n) is 3.09. The molecule has 1 rings (SSSR count). The molecule has 1 aliphatic rings. The van der Waals surface area contributed by atoms with Crippen LogP contribution in [-0.4, -0.2) is 51.3 Å². The fraction of sp³-hybridized carbons (Fsp3) is 0.769. The zero-order chi connectivity index (χ0) is 15.5. The molecule has 1 amide bonds. The maximum absolute atomic E-state index is 12.0. The van der Waals surface area contributed by atoms with Gasteiger partial charge in [-0.15, -0.1) is 0 Å². The zero-order valence-corrected chi connectivity index (χ0v) is 12.0. The van der Waals surface area contributed by atoms with Crippen molar-refractivity contribution in [2.75, 3.05) is 6.54 Å². The van der Waals surface area contributed by atoms with Gasteiger partial charge in [-0.25, -0.2) is 9.59 Å². The Morgan fingerprint density at radius 1 is 1.25 bits per heavy atom. The van der Waals surface area contributed by atoms with E-state index in [-0.39, 0.29) is 25.3 Å². The molecule has 1 saturated heterocycles. The van der Waals surface area contributed by atoms with E-state index in [0.29, 0.717) is 6.42 Å². The topological polar surface area (TPSA) is 104 Å². The molecule has 1 aliphatic heterocycles. The molecule has 0 aromatic heterocycles. The molecule has 0 spiro atoms. The maximum Gasteiger partial charge on any atom is 0.411 e. The molecule has 7 nitrogen and oxygen atoms in total. The van der Waals surface area contributed by atoms with Crippen LogP contribution in [0.2, 0.25) is 0 Å². The van der Waals surface area contributed by atoms with E-state index in [1.807, 2.05) is 0 Å². The van der Waals surface area contributed by atoms with E-state index >= 15 is 0 Å². The highest BCUT2D eigenvalue weighted by atomic mass is 16.6. The van der Waals surface area contributed by atoms with E-state index in [0.717, 1.165) is 0 Å². The van der Waals surface area contributed by atoms with Crippen molar-refractivity contribution in [2.45, 2.75) is 51.7 Å². The molecule has 114 valence electrons. The SMILES string of the molecule is CC(C)(C)OC(=O)N1CCC(CC(=O)O)CC1C(=O)O. The number of ether oxygens (including phenoxy) is 1. The fourth-order valence-electron chi connectivity index (χ4n) is 2.24. The summed E-state index contributed by atoms with van der Waals surface area (Å²) in [6, 6.07) is -1.03. The van der Waals surface area contributed by atoms with Gasteiger partial charge < -0.3 is 14.9 Å². The van der Waals surface area contributed by atoms with Crippen molar-refractivity contribution < 1.29 is 29.3 Å². The second-order valence-electron chi connectivity index (χ2n) is 6.02. The fourth-order valence-corrected chi connectivity index (χ4v) is 2.24. The molecule has 0 bridgehead atoms. The second kappa shape index (κ2) is 6.11. The minimum atomic E-state index is -1.13. The molecule has 2 unspecified atom stereocenters. The van der Waals surface area contributed by atoms with Crippen LogP contribution in [0.25, 0.3) is 0 Å². The molecule has 0 radical (unpaired) electrons. The Morgan fingerprint density at radius 2 is 1.85 bits per heavy atom. The molecular formula is C13H21NO6. The number of piperidine rings is 1. The van der Waals surface area contributed by atoms with Gasteiger partial charge in [0, 0.05) is 13.0 Å². The molecule has 0 aromatic rings. The van der Waals surface area contributed by atoms with Crippen molar-refractivity contribution in [1.82, 2.24) is 4.90 Å². The maximum atomic E-state index is 12.0. The predicted octanol–water partition coefficient (Wildman–Crippen LogP) is 1.56. The van der Waals surface area contributed by atoms with Gasteiger partial charge in [-0.3, -0.25) is 9.69 Å². The van der Waals surface area contributed by atoms with Crippen molar-refractivity contribution in [1.29, 1.82) is 0 Å². The number of carboxylic acids is 2. The number of aliphatic carboxylic acids is 2. The number of amides is 1. The van der Waals surface area contributed by atoms with E-state index in [4.69, 9.17) is 9.84 Å². The summed E-state index contributed by atoms with van der Waals surface area (Å²) in [5.74, 6) is -2.32. The standard InChI is InChI=1S/C13H21NO6/c1-13(2,3)20-12(19)14-5-4-8(7-10(15)16)6-9(14)11(17)18/h8-9H,4-7H2,1-3H3,(H,15,16)(H,17,18). The monoisotopic (exact) mass is 287 g/mol. The lowest BCUT2D eigenvalue weighted by atomic mass is 9.88. The van der Waals surface area contributed by atoms with Crippen molar-refractivity contribution in [3.05, 3.63) is 0 Å². The van der Waals surface area contributed by atoms with Crippen LogP contribution in [0.4, 0.5) is 4.79 Å². The van der Waals surface area contributed by atoms with Crippen LogP contribution >= 0.6 is 0 Å². The number of carbonyl (C=O) groups excluding carboxylic acids is 1. The normalized spacial score (nSPS) is 23.2. The van der Waals surface area contributed by atoms with Gasteiger partial charge in [0.15, 0.2) is 0 Å². The Bertz CT molecular complexity index is 400. The molecular weight excluding hydrogens is 266 g/mol. The highest BCUT2D eigenvalue weighted by molar-refractivity contribution is 5.80. The highest BCUT2D eigenvalue weighted by Gasteiger charge is 2.38. The summed E-state index contributed by atoms with van der Waals surface area (Å²) in [6.45, 7) is 5.32. The van der Waals surface area contributed by atoms with Gasteiger partial charge in [-0.1, -0.05) is 0 Å². The third kappa shape index (κ3) is 4.71. The van der Waals surface area contributed by atoms with E-state index < -0.39 is 29.7 Å². The van der Waals surface area contributed by atoms with Gasteiger partial charge in [0.25, 0.3) is 0 Å². The van der Waals surface area contributed by atoms with Crippen LogP contribution in [0.3, 0.4) is 0 Å². The first kappa shape index (κ1) is 16.3. The van der Waals surface area contributed by atoms with Crippen LogP contribution in [0.1, 0.15) is 40.0 Å². The number of rotatable bonds is 3. The van der Waals surface area contributed by atoms with Crippen LogP contribution < -0.4 is 0 Å². The Balaban J connectivity index is 2.75. The summed E-state index contributed by atoms with van der Waals surface area (Å²) in [4.78, 5) is 35.1. The number of likely N-dealkylation sites (tertiary alicyclic amines) is 1. The Morgan fingerprint density at radius 3 is 2.30 bits per heavy atom. The average molecular weight is 287 g/mol. The van der Waals surface area contributed by atoms with Crippen LogP contribution in [0, 0.1) is 5.92 Å². The van der Waals surface area contributed by atoms with Gasteiger partial charge in [0.05, 0.1) is 0 Å². The summed E-state index contributed by atoms with van der Waals surface area (Å²) in [7, 11) is 0. The first-order valence-corrected chi connectivity index (χ1v) is 6.54. The summed E-state index contributed by atoms with van der Waals surface area (Å²) in [5.41, 5.74) is -0.696. The van der Waals surface area contributed by atoms with E-state index in [2.05, 4.69) is 0 Å². The van der Waals surface area contributed by atoms with Gasteiger partial charge in [0.2, 0.25) is 0 Å². The molecule has 2 atom stereocenters. The van der Waals surface area contributed by atoms with Gasteiger partial charge >= 0.3 is 18.0 Å². The van der Waals surface area contributed by atoms with Crippen molar-refractivity contribution in [2.24, 2.45) is 5.92 Å². The molecule has 7 heteroatoms. The van der Waals surface area contributed by atoms with Gasteiger partial charge in [0.1, 0.15) is 11.6 Å². The largest absolute Gasteiger partial charge is 0.481 e. The minimum Gasteiger partial charge on any atom is -0.481 e. The molecule has 1 heterocycles. The Labute approximate surface area is 117 Å². The lowest BCUT2D eigenvalue weighted by molar-refractivity contribution is -0.147. The molecule has 2 N–H and O–H groups in total. The number of nitrogens with zero attached hydrogens (tertiary/aromatic N) is 1. The molecule has 20 heavy (non-hydrogen) atoms. The lowest BCUT2D eigenvalue weighted by Gasteiger charge is -2.37. The molecule has 0 aliphatic carbocycles. The van der Waals surface area contributed by atoms with E-state index in [1.54, 1.807) is 20.8 Å². The van der Waals surface area contributed by atoms with Gasteiger partial charge in [-0.05, 0) is 39.5 Å². The van der Waals surface area contributed by atoms with E-state index in [1.165, 1.54) is 4.90 Å². The van der Waals surface area contributed by atoms with Crippen LogP contribution in [-0.2, 0) is 14.3 Å². The average Bonchev–Trinajstić information content (AvgIpc) is 2.25. The smallest absolute Gasteiger partial charge is 0.411 e. The third-order valence-corrected chi connectivity index (χ3v) is 3.09. The molecule has 0 saturated carbocycles. The van der Waals surface area contributed by atoms with Crippen molar-refractivity contribution in [3.63, 3.8) is 0 Å². The quantitative estimate of drug-likeness (QED) is 0.816. The summed E-state index contributed by atoms with van der Waals surface area (Å²) >= 11 is 0. The first-order chi connectivity index (χ1) is 9.10. The molecule has 1 fully saturated rings. The van der Waals surface area contributed by atoms with Crippen LogP contribution in [0.5, 0.6) is 0 Å². The number of carboxylic acid groups (broad SMARTS) is 2. The van der Waals surface area contributed by atoms with Crippen molar-refractivity contribution in [3.8, 4) is 0 Å². The summed E-state index contributed by atoms with van der Waals surface area (Å²) < 4.78 is 5.18. The first-order valence-electron chi connectivity index (χ1n) is 6.54. The van der Waals surface area contributed by atoms with Crippen LogP contribution in [0.15, 0.2) is 0 Å². The lowest BCUT2D eigenvalue weighted by Crippen LogP contribution is -2.51. The summed E-state index contributed by atoms with van der Waals surface area (Å²) in [5, 5.41) is 18.0. The van der Waals surface area contributed by atoms with Gasteiger partial charge in [-0.2, -0.15) is 0 Å². The van der Waals surface area contributed by atoms with E-state index in [9.17, 15) is 19.5 Å². The predicted molar refractivity (Wildman–Crippen MR) is 69.3 cm³/mol. The number of hydrogen-bond acceptors (Lipinski definition) is 4. The number of hydrogen-bond donors (Lipinski definition) is 2.